The van der Waals surface area contributed by atoms with Crippen LogP contribution in [0.5, 0.6) is 5.75 Å². The lowest BCUT2D eigenvalue weighted by molar-refractivity contribution is 0.389. The largest absolute Gasteiger partial charge is 0.463 e. The van der Waals surface area contributed by atoms with Crippen molar-refractivity contribution < 1.29 is 4.74 Å². The van der Waals surface area contributed by atoms with E-state index in [-0.39, 0.29) is 0 Å². The molecule has 2 rings (SSSR count). The third-order valence-electron chi connectivity index (χ3n) is 2.71. The number of allylic oxidation sites excluding steroid dienone is 1. The van der Waals surface area contributed by atoms with Gasteiger partial charge in [0.15, 0.2) is 0 Å². The Morgan fingerprint density at radius 2 is 1.87 bits per heavy atom. The maximum Gasteiger partial charge on any atom is 0.126 e. The summed E-state index contributed by atoms with van der Waals surface area (Å²) in [5.74, 6) is 0.899. The van der Waals surface area contributed by atoms with Crippen LogP contribution in [0.3, 0.4) is 0 Å². The van der Waals surface area contributed by atoms with Crippen molar-refractivity contribution in [2.75, 3.05) is 13.1 Å². The van der Waals surface area contributed by atoms with Crippen LogP contribution in [-0.4, -0.2) is 18.0 Å². The molecule has 0 saturated carbocycles. The van der Waals surface area contributed by atoms with Gasteiger partial charge >= 0.3 is 0 Å². The summed E-state index contributed by atoms with van der Waals surface area (Å²) in [5, 5.41) is 0. The summed E-state index contributed by atoms with van der Waals surface area (Å²) in [5.41, 5.74) is 1.22. The quantitative estimate of drug-likeness (QED) is 0.700. The second kappa shape index (κ2) is 4.87. The first-order valence-electron chi connectivity index (χ1n) is 5.50. The number of rotatable bonds is 3. The smallest absolute Gasteiger partial charge is 0.126 e. The Labute approximate surface area is 91.2 Å². The highest BCUT2D eigenvalue weighted by Gasteiger charge is 2.11. The van der Waals surface area contributed by atoms with Crippen LogP contribution in [-0.2, 0) is 0 Å². The Kier molecular flexibility index (Phi) is 3.28. The molecule has 1 fully saturated rings. The second-order valence-electron chi connectivity index (χ2n) is 3.88. The molecule has 15 heavy (non-hydrogen) atoms. The van der Waals surface area contributed by atoms with Gasteiger partial charge in [0, 0.05) is 18.8 Å². The van der Waals surface area contributed by atoms with Crippen LogP contribution in [0.1, 0.15) is 19.8 Å². The average Bonchev–Trinajstić information content (AvgIpc) is 2.81. The van der Waals surface area contributed by atoms with Crippen LogP contribution in [0.25, 0.3) is 0 Å². The van der Waals surface area contributed by atoms with Gasteiger partial charge in [-0.3, -0.25) is 0 Å². The molecule has 2 nitrogen and oxygen atoms in total. The third kappa shape index (κ3) is 2.75. The van der Waals surface area contributed by atoms with Crippen molar-refractivity contribution in [1.29, 1.82) is 0 Å². The first-order valence-corrected chi connectivity index (χ1v) is 5.50. The molecule has 1 aliphatic heterocycles. The van der Waals surface area contributed by atoms with E-state index in [1.807, 2.05) is 36.6 Å². The van der Waals surface area contributed by atoms with E-state index >= 15 is 0 Å². The molecule has 0 spiro atoms. The Balaban J connectivity index is 1.93. The molecular formula is C13H17NO. The van der Waals surface area contributed by atoms with Gasteiger partial charge in [0.25, 0.3) is 0 Å². The average molecular weight is 203 g/mol. The van der Waals surface area contributed by atoms with Crippen molar-refractivity contribution in [3.8, 4) is 5.75 Å². The van der Waals surface area contributed by atoms with E-state index in [0.717, 1.165) is 5.75 Å². The molecule has 0 radical (unpaired) electrons. The van der Waals surface area contributed by atoms with Crippen molar-refractivity contribution >= 4 is 0 Å². The Morgan fingerprint density at radius 3 is 2.53 bits per heavy atom. The fraction of sp³-hybridized carbons (Fsp3) is 0.385. The zero-order valence-corrected chi connectivity index (χ0v) is 9.15. The Bertz CT molecular complexity index is 326. The number of benzene rings is 1. The standard InChI is InChI=1S/C13H17NO/c1-12(14-9-5-6-10-14)11-15-13-7-3-2-4-8-13/h2-4,7-8,11H,5-6,9-10H2,1H3. The molecule has 0 amide bonds. The van der Waals surface area contributed by atoms with Crippen molar-refractivity contribution in [2.45, 2.75) is 19.8 Å². The van der Waals surface area contributed by atoms with Crippen molar-refractivity contribution in [3.05, 3.63) is 42.3 Å². The summed E-state index contributed by atoms with van der Waals surface area (Å²) in [4.78, 5) is 2.36. The van der Waals surface area contributed by atoms with E-state index in [0.29, 0.717) is 0 Å². The molecule has 0 N–H and O–H groups in total. The van der Waals surface area contributed by atoms with E-state index in [2.05, 4.69) is 11.8 Å². The molecule has 0 aliphatic carbocycles. The van der Waals surface area contributed by atoms with Crippen LogP contribution >= 0.6 is 0 Å². The van der Waals surface area contributed by atoms with Crippen LogP contribution in [0, 0.1) is 0 Å². The number of hydrogen-bond acceptors (Lipinski definition) is 2. The first-order chi connectivity index (χ1) is 7.36. The number of para-hydroxylation sites is 1. The summed E-state index contributed by atoms with van der Waals surface area (Å²) >= 11 is 0. The minimum absolute atomic E-state index is 0.899. The molecule has 0 unspecified atom stereocenters. The van der Waals surface area contributed by atoms with E-state index in [1.165, 1.54) is 31.6 Å². The topological polar surface area (TPSA) is 12.5 Å². The van der Waals surface area contributed by atoms with Gasteiger partial charge in [-0.1, -0.05) is 18.2 Å². The molecule has 0 atom stereocenters. The minimum atomic E-state index is 0.899. The highest BCUT2D eigenvalue weighted by molar-refractivity contribution is 5.22. The molecule has 0 bridgehead atoms. The zero-order valence-electron chi connectivity index (χ0n) is 9.15. The third-order valence-corrected chi connectivity index (χ3v) is 2.71. The Hall–Kier alpha value is -1.44. The molecule has 1 aliphatic rings. The maximum absolute atomic E-state index is 5.58. The molecule has 0 aromatic heterocycles. The summed E-state index contributed by atoms with van der Waals surface area (Å²) in [7, 11) is 0. The van der Waals surface area contributed by atoms with E-state index in [1.54, 1.807) is 0 Å². The number of ether oxygens (including phenoxy) is 1. The molecule has 80 valence electrons. The normalized spacial score (nSPS) is 16.9. The lowest BCUT2D eigenvalue weighted by atomic mass is 10.3. The second-order valence-corrected chi connectivity index (χ2v) is 3.88. The summed E-state index contributed by atoms with van der Waals surface area (Å²) in [6.07, 6.45) is 4.45. The van der Waals surface area contributed by atoms with E-state index in [9.17, 15) is 0 Å². The van der Waals surface area contributed by atoms with Gasteiger partial charge in [0.2, 0.25) is 0 Å². The van der Waals surface area contributed by atoms with Crippen molar-refractivity contribution in [2.24, 2.45) is 0 Å². The fourth-order valence-electron chi connectivity index (χ4n) is 1.80. The number of likely N-dealkylation sites (tertiary alicyclic amines) is 1. The minimum Gasteiger partial charge on any atom is -0.463 e. The summed E-state index contributed by atoms with van der Waals surface area (Å²) < 4.78 is 5.58. The molecule has 1 heterocycles. The summed E-state index contributed by atoms with van der Waals surface area (Å²) in [6.45, 7) is 4.44. The maximum atomic E-state index is 5.58. The van der Waals surface area contributed by atoms with Crippen LogP contribution in [0.4, 0.5) is 0 Å². The van der Waals surface area contributed by atoms with Gasteiger partial charge < -0.3 is 9.64 Å². The molecule has 1 aromatic carbocycles. The van der Waals surface area contributed by atoms with E-state index in [4.69, 9.17) is 4.74 Å². The monoisotopic (exact) mass is 203 g/mol. The van der Waals surface area contributed by atoms with Crippen molar-refractivity contribution in [3.63, 3.8) is 0 Å². The number of hydrogen-bond donors (Lipinski definition) is 0. The lowest BCUT2D eigenvalue weighted by Gasteiger charge is -2.17. The van der Waals surface area contributed by atoms with Gasteiger partial charge in [0.05, 0.1) is 0 Å². The molecule has 1 aromatic rings. The van der Waals surface area contributed by atoms with Gasteiger partial charge in [-0.15, -0.1) is 0 Å². The predicted octanol–water partition coefficient (Wildman–Crippen LogP) is 3.02. The Morgan fingerprint density at radius 1 is 1.20 bits per heavy atom. The zero-order chi connectivity index (χ0) is 10.5. The van der Waals surface area contributed by atoms with Crippen molar-refractivity contribution in [1.82, 2.24) is 4.90 Å². The molecular weight excluding hydrogens is 186 g/mol. The first kappa shape index (κ1) is 10.1. The van der Waals surface area contributed by atoms with E-state index < -0.39 is 0 Å². The highest BCUT2D eigenvalue weighted by atomic mass is 16.5. The lowest BCUT2D eigenvalue weighted by Crippen LogP contribution is -2.16. The van der Waals surface area contributed by atoms with Gasteiger partial charge in [0.1, 0.15) is 12.0 Å². The number of nitrogens with zero attached hydrogens (tertiary/aromatic N) is 1. The fourth-order valence-corrected chi connectivity index (χ4v) is 1.80. The predicted molar refractivity (Wildman–Crippen MR) is 61.6 cm³/mol. The SMILES string of the molecule is CC(=COc1ccccc1)N1CCCC1. The summed E-state index contributed by atoms with van der Waals surface area (Å²) in [6, 6.07) is 9.88. The highest BCUT2D eigenvalue weighted by Crippen LogP contribution is 2.15. The molecule has 1 saturated heterocycles. The van der Waals surface area contributed by atoms with Gasteiger partial charge in [-0.25, -0.2) is 0 Å². The van der Waals surface area contributed by atoms with Crippen LogP contribution in [0.15, 0.2) is 42.3 Å². The van der Waals surface area contributed by atoms with Gasteiger partial charge in [-0.05, 0) is 31.9 Å². The molecule has 2 heteroatoms. The van der Waals surface area contributed by atoms with Gasteiger partial charge in [-0.2, -0.15) is 0 Å². The van der Waals surface area contributed by atoms with Crippen LogP contribution in [0.2, 0.25) is 0 Å². The van der Waals surface area contributed by atoms with Crippen LogP contribution < -0.4 is 4.74 Å².